The van der Waals surface area contributed by atoms with Crippen LogP contribution in [0.25, 0.3) is 0 Å². The lowest BCUT2D eigenvalue weighted by molar-refractivity contribution is -0.147. The maximum Gasteiger partial charge on any atom is 0.328 e. The minimum absolute atomic E-state index is 0.0836. The Balaban J connectivity index is 2.90. The van der Waals surface area contributed by atoms with Crippen LogP contribution in [0.5, 0.6) is 0 Å². The predicted molar refractivity (Wildman–Crippen MR) is 90.9 cm³/mol. The van der Waals surface area contributed by atoms with Crippen molar-refractivity contribution < 1.29 is 23.9 Å². The van der Waals surface area contributed by atoms with Gasteiger partial charge in [-0.15, -0.1) is 0 Å². The second kappa shape index (κ2) is 9.02. The van der Waals surface area contributed by atoms with E-state index in [2.05, 4.69) is 46.7 Å². The summed E-state index contributed by atoms with van der Waals surface area (Å²) in [5.74, 6) is -2.08. The molecule has 0 unspecified atom stereocenters. The number of esters is 2. The molecule has 0 aliphatic carbocycles. The molecule has 0 saturated heterocycles. The van der Waals surface area contributed by atoms with E-state index in [-0.39, 0.29) is 6.42 Å². The summed E-state index contributed by atoms with van der Waals surface area (Å²) in [4.78, 5) is 35.7. The van der Waals surface area contributed by atoms with Crippen molar-refractivity contribution >= 4 is 49.7 Å². The summed E-state index contributed by atoms with van der Waals surface area (Å²) < 4.78 is 10.8. The van der Waals surface area contributed by atoms with Gasteiger partial charge in [0.15, 0.2) is 0 Å². The third-order valence-electron chi connectivity index (χ3n) is 3.11. The van der Waals surface area contributed by atoms with Crippen molar-refractivity contribution in [2.45, 2.75) is 19.4 Å². The molecule has 0 bridgehead atoms. The summed E-state index contributed by atoms with van der Waals surface area (Å²) in [7, 11) is 2.49. The quantitative estimate of drug-likeness (QED) is 0.673. The van der Waals surface area contributed by atoms with Gasteiger partial charge >= 0.3 is 11.9 Å². The lowest BCUT2D eigenvalue weighted by Gasteiger charge is -2.19. The Morgan fingerprint density at radius 3 is 2.04 bits per heavy atom. The fourth-order valence-corrected chi connectivity index (χ4v) is 3.23. The Morgan fingerprint density at radius 1 is 1.04 bits per heavy atom. The van der Waals surface area contributed by atoms with Crippen molar-refractivity contribution in [1.29, 1.82) is 0 Å². The molecule has 0 saturated carbocycles. The van der Waals surface area contributed by atoms with Crippen molar-refractivity contribution in [2.75, 3.05) is 14.2 Å². The first-order valence-electron chi connectivity index (χ1n) is 6.71. The first kappa shape index (κ1) is 19.6. The lowest BCUT2D eigenvalue weighted by Crippen LogP contribution is -2.43. The number of hydrogen-bond acceptors (Lipinski definition) is 5. The van der Waals surface area contributed by atoms with E-state index in [4.69, 9.17) is 0 Å². The third-order valence-corrected chi connectivity index (χ3v) is 4.02. The molecule has 0 aliphatic rings. The molecule has 2 atom stereocenters. The fraction of sp³-hybridized carbons (Fsp3) is 0.400. The molecule has 1 aromatic rings. The van der Waals surface area contributed by atoms with E-state index in [0.29, 0.717) is 5.56 Å². The van der Waals surface area contributed by atoms with Gasteiger partial charge in [-0.25, -0.2) is 4.79 Å². The van der Waals surface area contributed by atoms with Crippen LogP contribution in [0.15, 0.2) is 27.1 Å². The SMILES string of the molecule is COC(=O)[C@@H](C)C[C@@H](NC(=O)c1cc(Br)cc(Br)c1)C(=O)OC. The van der Waals surface area contributed by atoms with Gasteiger partial charge < -0.3 is 14.8 Å². The van der Waals surface area contributed by atoms with Gasteiger partial charge in [0.1, 0.15) is 6.04 Å². The normalized spacial score (nSPS) is 12.9. The molecule has 0 heterocycles. The van der Waals surface area contributed by atoms with Gasteiger partial charge in [0.2, 0.25) is 0 Å². The Hall–Kier alpha value is -1.41. The number of nitrogens with one attached hydrogen (secondary N) is 1. The molecule has 8 heteroatoms. The molecule has 126 valence electrons. The molecule has 6 nitrogen and oxygen atoms in total. The van der Waals surface area contributed by atoms with Crippen molar-refractivity contribution in [3.8, 4) is 0 Å². The smallest absolute Gasteiger partial charge is 0.328 e. The lowest BCUT2D eigenvalue weighted by atomic mass is 10.0. The number of carbonyl (C=O) groups excluding carboxylic acids is 3. The number of methoxy groups -OCH3 is 2. The van der Waals surface area contributed by atoms with E-state index < -0.39 is 29.8 Å². The van der Waals surface area contributed by atoms with Gasteiger partial charge in [0, 0.05) is 14.5 Å². The van der Waals surface area contributed by atoms with Crippen molar-refractivity contribution in [1.82, 2.24) is 5.32 Å². The average molecular weight is 451 g/mol. The summed E-state index contributed by atoms with van der Waals surface area (Å²) in [6, 6.07) is 4.09. The zero-order chi connectivity index (χ0) is 17.6. The number of hydrogen-bond donors (Lipinski definition) is 1. The monoisotopic (exact) mass is 449 g/mol. The highest BCUT2D eigenvalue weighted by atomic mass is 79.9. The average Bonchev–Trinajstić information content (AvgIpc) is 2.51. The topological polar surface area (TPSA) is 81.7 Å². The summed E-state index contributed by atoms with van der Waals surface area (Å²) >= 11 is 6.59. The van der Waals surface area contributed by atoms with Crippen LogP contribution < -0.4 is 5.32 Å². The van der Waals surface area contributed by atoms with Crippen LogP contribution in [0.3, 0.4) is 0 Å². The van der Waals surface area contributed by atoms with Crippen LogP contribution in [-0.2, 0) is 19.1 Å². The summed E-state index contributed by atoms with van der Waals surface area (Å²) in [6.45, 7) is 1.61. The first-order chi connectivity index (χ1) is 10.8. The number of benzene rings is 1. The van der Waals surface area contributed by atoms with Crippen molar-refractivity contribution in [2.24, 2.45) is 5.92 Å². The molecular formula is C15H17Br2NO5. The van der Waals surface area contributed by atoms with E-state index in [1.165, 1.54) is 14.2 Å². The van der Waals surface area contributed by atoms with E-state index in [0.717, 1.165) is 8.95 Å². The maximum atomic E-state index is 12.3. The molecular weight excluding hydrogens is 434 g/mol. The van der Waals surface area contributed by atoms with Gasteiger partial charge in [-0.1, -0.05) is 38.8 Å². The van der Waals surface area contributed by atoms with Crippen LogP contribution in [0, 0.1) is 5.92 Å². The van der Waals surface area contributed by atoms with Crippen LogP contribution in [0.1, 0.15) is 23.7 Å². The van der Waals surface area contributed by atoms with E-state index in [1.54, 1.807) is 25.1 Å². The van der Waals surface area contributed by atoms with Crippen LogP contribution >= 0.6 is 31.9 Å². The fourth-order valence-electron chi connectivity index (χ4n) is 1.93. The number of halogens is 2. The largest absolute Gasteiger partial charge is 0.469 e. The number of carbonyl (C=O) groups is 3. The standard InChI is InChI=1S/C15H17Br2NO5/c1-8(14(20)22-2)4-12(15(21)23-3)18-13(19)9-5-10(16)7-11(17)6-9/h5-8,12H,4H2,1-3H3,(H,18,19)/t8-,12+/m0/s1. The Bertz CT molecular complexity index is 585. The Morgan fingerprint density at radius 2 is 1.57 bits per heavy atom. The molecule has 1 aromatic carbocycles. The predicted octanol–water partition coefficient (Wildman–Crippen LogP) is 2.68. The second-order valence-electron chi connectivity index (χ2n) is 4.87. The van der Waals surface area contributed by atoms with Gasteiger partial charge in [0.05, 0.1) is 20.1 Å². The highest BCUT2D eigenvalue weighted by Crippen LogP contribution is 2.20. The van der Waals surface area contributed by atoms with Gasteiger partial charge in [-0.05, 0) is 24.6 Å². The number of rotatable bonds is 6. The molecule has 1 N–H and O–H groups in total. The first-order valence-corrected chi connectivity index (χ1v) is 8.29. The van der Waals surface area contributed by atoms with Crippen LogP contribution in [0.2, 0.25) is 0 Å². The van der Waals surface area contributed by atoms with E-state index in [9.17, 15) is 14.4 Å². The Kier molecular flexibility index (Phi) is 7.70. The minimum atomic E-state index is -0.945. The zero-order valence-electron chi connectivity index (χ0n) is 12.9. The van der Waals surface area contributed by atoms with Crippen LogP contribution in [0.4, 0.5) is 0 Å². The molecule has 0 radical (unpaired) electrons. The molecule has 23 heavy (non-hydrogen) atoms. The van der Waals surface area contributed by atoms with Gasteiger partial charge in [-0.3, -0.25) is 9.59 Å². The second-order valence-corrected chi connectivity index (χ2v) is 6.70. The third kappa shape index (κ3) is 5.95. The van der Waals surface area contributed by atoms with Crippen LogP contribution in [-0.4, -0.2) is 38.1 Å². The zero-order valence-corrected chi connectivity index (χ0v) is 16.1. The number of ether oxygens (including phenoxy) is 2. The Labute approximate surface area is 151 Å². The van der Waals surface area contributed by atoms with E-state index in [1.807, 2.05) is 0 Å². The summed E-state index contributed by atoms with van der Waals surface area (Å²) in [5.41, 5.74) is 0.367. The van der Waals surface area contributed by atoms with Gasteiger partial charge in [-0.2, -0.15) is 0 Å². The minimum Gasteiger partial charge on any atom is -0.469 e. The molecule has 0 aliphatic heterocycles. The van der Waals surface area contributed by atoms with Crippen molar-refractivity contribution in [3.05, 3.63) is 32.7 Å². The molecule has 0 spiro atoms. The summed E-state index contributed by atoms with van der Waals surface area (Å²) in [5, 5.41) is 2.59. The molecule has 1 amide bonds. The molecule has 0 fully saturated rings. The van der Waals surface area contributed by atoms with E-state index >= 15 is 0 Å². The highest BCUT2D eigenvalue weighted by Gasteiger charge is 2.27. The van der Waals surface area contributed by atoms with Gasteiger partial charge in [0.25, 0.3) is 5.91 Å². The maximum absolute atomic E-state index is 12.3. The van der Waals surface area contributed by atoms with Crippen molar-refractivity contribution in [3.63, 3.8) is 0 Å². The molecule has 1 rings (SSSR count). The number of amides is 1. The summed E-state index contributed by atoms with van der Waals surface area (Å²) in [6.07, 6.45) is 0.0836. The highest BCUT2D eigenvalue weighted by molar-refractivity contribution is 9.11. The molecule has 0 aromatic heterocycles.